The zero-order valence-corrected chi connectivity index (χ0v) is 21.2. The Morgan fingerprint density at radius 2 is 1.46 bits per heavy atom. The molecule has 184 valence electrons. The lowest BCUT2D eigenvalue weighted by molar-refractivity contribution is -0.141. The Hall–Kier alpha value is -3.20. The molecule has 0 radical (unpaired) electrons. The molecule has 3 rings (SSSR count). The van der Waals surface area contributed by atoms with Crippen LogP contribution in [0.25, 0.3) is 0 Å². The van der Waals surface area contributed by atoms with Crippen molar-refractivity contribution in [1.29, 1.82) is 0 Å². The second-order valence-corrected chi connectivity index (χ2v) is 10.7. The van der Waals surface area contributed by atoms with E-state index in [9.17, 15) is 18.0 Å². The highest BCUT2D eigenvalue weighted by molar-refractivity contribution is 7.88. The van der Waals surface area contributed by atoms with Gasteiger partial charge in [-0.2, -0.15) is 4.31 Å². The van der Waals surface area contributed by atoms with E-state index in [0.717, 1.165) is 21.7 Å². The molecule has 0 aromatic heterocycles. The van der Waals surface area contributed by atoms with Crippen LogP contribution in [-0.2, 0) is 32.7 Å². The van der Waals surface area contributed by atoms with Crippen molar-refractivity contribution in [3.8, 4) is 0 Å². The molecule has 9 heteroatoms. The van der Waals surface area contributed by atoms with Gasteiger partial charge in [-0.1, -0.05) is 84.4 Å². The Bertz CT molecular complexity index is 1240. The number of nitrogens with zero attached hydrogens (tertiary/aromatic N) is 2. The number of sulfonamides is 1. The van der Waals surface area contributed by atoms with E-state index in [0.29, 0.717) is 10.6 Å². The van der Waals surface area contributed by atoms with Crippen molar-refractivity contribution in [2.75, 3.05) is 19.8 Å². The zero-order chi connectivity index (χ0) is 25.4. The van der Waals surface area contributed by atoms with Gasteiger partial charge in [0.15, 0.2) is 0 Å². The van der Waals surface area contributed by atoms with Crippen LogP contribution in [0.4, 0.5) is 0 Å². The summed E-state index contributed by atoms with van der Waals surface area (Å²) in [6.07, 6.45) is 1.03. The van der Waals surface area contributed by atoms with Crippen LogP contribution in [0.5, 0.6) is 0 Å². The third-order valence-corrected chi connectivity index (χ3v) is 7.01. The van der Waals surface area contributed by atoms with E-state index in [1.807, 2.05) is 36.4 Å². The summed E-state index contributed by atoms with van der Waals surface area (Å²) >= 11 is 6.02. The second-order valence-electron chi connectivity index (χ2n) is 8.18. The first-order valence-corrected chi connectivity index (χ1v) is 13.2. The van der Waals surface area contributed by atoms with E-state index in [2.05, 4.69) is 5.32 Å². The van der Waals surface area contributed by atoms with Crippen LogP contribution in [0, 0.1) is 0 Å². The summed E-state index contributed by atoms with van der Waals surface area (Å²) in [5.41, 5.74) is 2.28. The lowest BCUT2D eigenvalue weighted by Crippen LogP contribution is -2.47. The summed E-state index contributed by atoms with van der Waals surface area (Å²) in [6.45, 7) is -0.0249. The third-order valence-electron chi connectivity index (χ3n) is 5.50. The number of amides is 2. The number of hydrogen-bond acceptors (Lipinski definition) is 4. The topological polar surface area (TPSA) is 86.8 Å². The van der Waals surface area contributed by atoms with Gasteiger partial charge in [0.25, 0.3) is 0 Å². The molecule has 0 saturated carbocycles. The van der Waals surface area contributed by atoms with E-state index in [4.69, 9.17) is 11.6 Å². The minimum Gasteiger partial charge on any atom is -0.350 e. The minimum absolute atomic E-state index is 0.0892. The minimum atomic E-state index is -3.60. The van der Waals surface area contributed by atoms with Crippen LogP contribution in [0.3, 0.4) is 0 Å². The quantitative estimate of drug-likeness (QED) is 0.448. The first-order valence-electron chi connectivity index (χ1n) is 11.0. The number of rotatable bonds is 10. The Morgan fingerprint density at radius 3 is 2.03 bits per heavy atom. The van der Waals surface area contributed by atoms with Gasteiger partial charge in [-0.05, 0) is 28.8 Å². The van der Waals surface area contributed by atoms with Crippen molar-refractivity contribution < 1.29 is 18.0 Å². The van der Waals surface area contributed by atoms with Crippen LogP contribution in [0.15, 0.2) is 84.9 Å². The molecule has 0 saturated heterocycles. The largest absolute Gasteiger partial charge is 0.350 e. The van der Waals surface area contributed by atoms with E-state index in [1.165, 1.54) is 11.9 Å². The predicted molar refractivity (Wildman–Crippen MR) is 137 cm³/mol. The number of hydrogen-bond donors (Lipinski definition) is 1. The molecule has 0 aliphatic rings. The fraction of sp³-hybridized carbons (Fsp3) is 0.231. The molecule has 3 aromatic carbocycles. The number of carbonyl (C=O) groups is 2. The molecular weight excluding hydrogens is 486 g/mol. The van der Waals surface area contributed by atoms with Gasteiger partial charge in [-0.15, -0.1) is 0 Å². The van der Waals surface area contributed by atoms with Crippen LogP contribution >= 0.6 is 11.6 Å². The molecular formula is C26H28ClN3O4S. The summed E-state index contributed by atoms with van der Waals surface area (Å²) in [7, 11) is -2.26. The smallest absolute Gasteiger partial charge is 0.247 e. The van der Waals surface area contributed by atoms with Gasteiger partial charge < -0.3 is 10.2 Å². The van der Waals surface area contributed by atoms with Crippen LogP contribution in [0.2, 0.25) is 5.02 Å². The SMILES string of the molecule is CN(CC(=O)N(Cc1ccc(Cl)cc1)[C@H](C(=O)NCc1ccccc1)c1ccccc1)S(C)(=O)=O. The van der Waals surface area contributed by atoms with Gasteiger partial charge in [0.05, 0.1) is 12.8 Å². The van der Waals surface area contributed by atoms with Gasteiger partial charge in [0.1, 0.15) is 6.04 Å². The third kappa shape index (κ3) is 7.65. The van der Waals surface area contributed by atoms with Crippen molar-refractivity contribution in [2.45, 2.75) is 19.1 Å². The van der Waals surface area contributed by atoms with Crippen LogP contribution < -0.4 is 5.32 Å². The molecule has 0 bridgehead atoms. The molecule has 3 aromatic rings. The standard InChI is InChI=1S/C26H28ClN3O4S/c1-29(35(2,33)34)19-24(31)30(18-21-13-15-23(27)16-14-21)25(22-11-7-4-8-12-22)26(32)28-17-20-9-5-3-6-10-20/h3-16,25H,17-19H2,1-2H3,(H,28,32)/t25-/m0/s1. The van der Waals surface area contributed by atoms with E-state index in [-0.39, 0.29) is 19.0 Å². The second kappa shape index (κ2) is 12.0. The first-order chi connectivity index (χ1) is 16.6. The lowest BCUT2D eigenvalue weighted by atomic mass is 10.0. The molecule has 1 N–H and O–H groups in total. The molecule has 0 aliphatic carbocycles. The molecule has 0 unspecified atom stereocenters. The van der Waals surface area contributed by atoms with Crippen LogP contribution in [-0.4, -0.2) is 49.3 Å². The highest BCUT2D eigenvalue weighted by atomic mass is 35.5. The maximum absolute atomic E-state index is 13.5. The Labute approximate surface area is 211 Å². The number of carbonyl (C=O) groups excluding carboxylic acids is 2. The van der Waals surface area contributed by atoms with E-state index < -0.39 is 28.5 Å². The van der Waals surface area contributed by atoms with Crippen molar-refractivity contribution in [3.63, 3.8) is 0 Å². The highest BCUT2D eigenvalue weighted by Gasteiger charge is 2.32. The summed E-state index contributed by atoms with van der Waals surface area (Å²) in [5, 5.41) is 3.47. The molecule has 35 heavy (non-hydrogen) atoms. The molecule has 0 spiro atoms. The van der Waals surface area contributed by atoms with Crippen molar-refractivity contribution in [2.24, 2.45) is 0 Å². The number of halogens is 1. The van der Waals surface area contributed by atoms with Crippen molar-refractivity contribution in [1.82, 2.24) is 14.5 Å². The molecule has 1 atom stereocenters. The maximum atomic E-state index is 13.5. The molecule has 0 fully saturated rings. The maximum Gasteiger partial charge on any atom is 0.247 e. The van der Waals surface area contributed by atoms with Crippen molar-refractivity contribution in [3.05, 3.63) is 107 Å². The normalized spacial score (nSPS) is 12.2. The molecule has 0 aliphatic heterocycles. The van der Waals surface area contributed by atoms with Gasteiger partial charge in [0.2, 0.25) is 21.8 Å². The fourth-order valence-corrected chi connectivity index (χ4v) is 3.97. The Kier molecular flexibility index (Phi) is 9.03. The van der Waals surface area contributed by atoms with E-state index >= 15 is 0 Å². The predicted octanol–water partition coefficient (Wildman–Crippen LogP) is 3.62. The van der Waals surface area contributed by atoms with Crippen molar-refractivity contribution >= 4 is 33.4 Å². The zero-order valence-electron chi connectivity index (χ0n) is 19.6. The monoisotopic (exact) mass is 513 g/mol. The summed E-state index contributed by atoms with van der Waals surface area (Å²) in [5.74, 6) is -0.874. The van der Waals surface area contributed by atoms with Crippen LogP contribution in [0.1, 0.15) is 22.7 Å². The fourth-order valence-electron chi connectivity index (χ4n) is 3.50. The summed E-state index contributed by atoms with van der Waals surface area (Å²) in [6, 6.07) is 24.4. The summed E-state index contributed by atoms with van der Waals surface area (Å²) in [4.78, 5) is 28.4. The van der Waals surface area contributed by atoms with Gasteiger partial charge >= 0.3 is 0 Å². The molecule has 2 amide bonds. The highest BCUT2D eigenvalue weighted by Crippen LogP contribution is 2.25. The number of nitrogens with one attached hydrogen (secondary N) is 1. The number of benzene rings is 3. The van der Waals surface area contributed by atoms with Gasteiger partial charge in [0, 0.05) is 25.2 Å². The summed E-state index contributed by atoms with van der Waals surface area (Å²) < 4.78 is 24.9. The average molecular weight is 514 g/mol. The first kappa shape index (κ1) is 26.4. The molecule has 7 nitrogen and oxygen atoms in total. The molecule has 0 heterocycles. The average Bonchev–Trinajstić information content (AvgIpc) is 2.84. The Morgan fingerprint density at radius 1 is 0.886 bits per heavy atom. The number of likely N-dealkylation sites (N-methyl/N-ethyl adjacent to an activating group) is 1. The Balaban J connectivity index is 1.97. The lowest BCUT2D eigenvalue weighted by Gasteiger charge is -2.32. The van der Waals surface area contributed by atoms with E-state index in [1.54, 1.807) is 48.5 Å². The van der Waals surface area contributed by atoms with Gasteiger partial charge in [-0.3, -0.25) is 9.59 Å². The van der Waals surface area contributed by atoms with Gasteiger partial charge in [-0.25, -0.2) is 8.42 Å².